The average Bonchev–Trinajstić information content (AvgIpc) is 2.79. The van der Waals surface area contributed by atoms with E-state index in [1.54, 1.807) is 11.3 Å². The Morgan fingerprint density at radius 1 is 1.53 bits per heavy atom. The summed E-state index contributed by atoms with van der Waals surface area (Å²) in [6.07, 6.45) is 0. The molecule has 2 heterocycles. The lowest BCUT2D eigenvalue weighted by molar-refractivity contribution is 0.524. The summed E-state index contributed by atoms with van der Waals surface area (Å²) in [5.41, 5.74) is 8.03. The number of nitrogens with two attached hydrogens (primary N) is 1. The Kier molecular flexibility index (Phi) is 2.88. The predicted octanol–water partition coefficient (Wildman–Crippen LogP) is 2.11. The summed E-state index contributed by atoms with van der Waals surface area (Å²) in [7, 11) is 0. The van der Waals surface area contributed by atoms with Crippen molar-refractivity contribution in [2.45, 2.75) is 19.9 Å². The van der Waals surface area contributed by atoms with Gasteiger partial charge in [0.1, 0.15) is 0 Å². The summed E-state index contributed by atoms with van der Waals surface area (Å²) < 4.78 is 2.02. The van der Waals surface area contributed by atoms with Crippen LogP contribution in [-0.4, -0.2) is 16.3 Å². The molecular weight excluding hydrogens is 206 g/mol. The van der Waals surface area contributed by atoms with Gasteiger partial charge in [0.15, 0.2) is 0 Å². The zero-order valence-corrected chi connectivity index (χ0v) is 9.79. The highest BCUT2D eigenvalue weighted by atomic mass is 32.1. The fraction of sp³-hybridized carbons (Fsp3) is 0.364. The van der Waals surface area contributed by atoms with Crippen molar-refractivity contribution in [2.24, 2.45) is 5.73 Å². The van der Waals surface area contributed by atoms with Crippen LogP contribution in [0.1, 0.15) is 22.3 Å². The predicted molar refractivity (Wildman–Crippen MR) is 63.2 cm³/mol. The maximum atomic E-state index is 5.82. The van der Waals surface area contributed by atoms with Crippen LogP contribution in [0, 0.1) is 13.8 Å². The summed E-state index contributed by atoms with van der Waals surface area (Å²) in [5, 5.41) is 6.55. The van der Waals surface area contributed by atoms with Gasteiger partial charge in [-0.3, -0.25) is 4.68 Å². The van der Waals surface area contributed by atoms with Crippen molar-refractivity contribution in [3.8, 4) is 0 Å². The monoisotopic (exact) mass is 221 g/mol. The molecule has 0 radical (unpaired) electrons. The molecule has 2 aromatic heterocycles. The molecule has 2 rings (SSSR count). The maximum absolute atomic E-state index is 5.82. The molecular formula is C11H15N3S. The number of rotatable bonds is 3. The molecule has 3 nitrogen and oxygen atoms in total. The average molecular weight is 221 g/mol. The van der Waals surface area contributed by atoms with Crippen LogP contribution in [0.2, 0.25) is 0 Å². The second-order valence-electron chi connectivity index (χ2n) is 3.64. The lowest BCUT2D eigenvalue weighted by atomic mass is 10.2. The first-order valence-corrected chi connectivity index (χ1v) is 5.86. The van der Waals surface area contributed by atoms with Crippen LogP contribution in [0.4, 0.5) is 0 Å². The molecule has 0 aromatic carbocycles. The normalized spacial score (nSPS) is 13.0. The number of aromatic nitrogens is 2. The van der Waals surface area contributed by atoms with Crippen molar-refractivity contribution in [3.05, 3.63) is 39.8 Å². The van der Waals surface area contributed by atoms with Gasteiger partial charge in [0.25, 0.3) is 0 Å². The summed E-state index contributed by atoms with van der Waals surface area (Å²) in [4.78, 5) is 1.27. The third-order valence-electron chi connectivity index (χ3n) is 2.43. The van der Waals surface area contributed by atoms with Crippen LogP contribution in [-0.2, 0) is 0 Å². The van der Waals surface area contributed by atoms with E-state index < -0.39 is 0 Å². The molecule has 0 saturated heterocycles. The molecule has 0 aliphatic rings. The number of hydrogen-bond acceptors (Lipinski definition) is 3. The van der Waals surface area contributed by atoms with E-state index in [9.17, 15) is 0 Å². The van der Waals surface area contributed by atoms with E-state index in [1.807, 2.05) is 17.7 Å². The fourth-order valence-electron chi connectivity index (χ4n) is 1.78. The van der Waals surface area contributed by atoms with Crippen LogP contribution < -0.4 is 5.73 Å². The van der Waals surface area contributed by atoms with Gasteiger partial charge in [-0.1, -0.05) is 6.07 Å². The van der Waals surface area contributed by atoms with Gasteiger partial charge in [0.05, 0.1) is 11.7 Å². The Morgan fingerprint density at radius 3 is 2.80 bits per heavy atom. The smallest absolute Gasteiger partial charge is 0.0985 e. The first kappa shape index (κ1) is 10.4. The first-order valence-electron chi connectivity index (χ1n) is 4.98. The van der Waals surface area contributed by atoms with Crippen LogP contribution in [0.15, 0.2) is 23.6 Å². The Bertz CT molecular complexity index is 431. The zero-order valence-electron chi connectivity index (χ0n) is 8.97. The van der Waals surface area contributed by atoms with E-state index >= 15 is 0 Å². The Balaban J connectivity index is 2.39. The van der Waals surface area contributed by atoms with Crippen molar-refractivity contribution in [3.63, 3.8) is 0 Å². The molecule has 80 valence electrons. The summed E-state index contributed by atoms with van der Waals surface area (Å²) in [5.74, 6) is 0. The fourth-order valence-corrected chi connectivity index (χ4v) is 2.60. The molecule has 1 atom stereocenters. The maximum Gasteiger partial charge on any atom is 0.0985 e. The zero-order chi connectivity index (χ0) is 10.8. The van der Waals surface area contributed by atoms with Gasteiger partial charge in [0, 0.05) is 17.1 Å². The highest BCUT2D eigenvalue weighted by Crippen LogP contribution is 2.23. The second-order valence-corrected chi connectivity index (χ2v) is 4.62. The molecule has 1 unspecified atom stereocenters. The van der Waals surface area contributed by atoms with Gasteiger partial charge >= 0.3 is 0 Å². The molecule has 15 heavy (non-hydrogen) atoms. The highest BCUT2D eigenvalue weighted by molar-refractivity contribution is 7.10. The van der Waals surface area contributed by atoms with E-state index in [0.717, 1.165) is 11.4 Å². The van der Waals surface area contributed by atoms with Crippen molar-refractivity contribution in [2.75, 3.05) is 6.54 Å². The van der Waals surface area contributed by atoms with Crippen LogP contribution in [0.3, 0.4) is 0 Å². The SMILES string of the molecule is Cc1cc(C)n(C(CN)c2cccs2)n1. The molecule has 0 bridgehead atoms. The van der Waals surface area contributed by atoms with Gasteiger partial charge in [-0.25, -0.2) is 0 Å². The lowest BCUT2D eigenvalue weighted by Gasteiger charge is -2.15. The van der Waals surface area contributed by atoms with Gasteiger partial charge in [-0.05, 0) is 31.4 Å². The van der Waals surface area contributed by atoms with Crippen molar-refractivity contribution < 1.29 is 0 Å². The summed E-state index contributed by atoms with van der Waals surface area (Å²) in [6, 6.07) is 6.42. The number of aryl methyl sites for hydroxylation is 2. The van der Waals surface area contributed by atoms with Gasteiger partial charge in [-0.15, -0.1) is 11.3 Å². The van der Waals surface area contributed by atoms with E-state index in [1.165, 1.54) is 4.88 Å². The molecule has 2 N–H and O–H groups in total. The molecule has 4 heteroatoms. The molecule has 0 aliphatic carbocycles. The van der Waals surface area contributed by atoms with Crippen molar-refractivity contribution in [1.29, 1.82) is 0 Å². The van der Waals surface area contributed by atoms with Gasteiger partial charge < -0.3 is 5.73 Å². The number of nitrogens with zero attached hydrogens (tertiary/aromatic N) is 2. The van der Waals surface area contributed by atoms with E-state index in [2.05, 4.69) is 29.5 Å². The van der Waals surface area contributed by atoms with Crippen LogP contribution in [0.25, 0.3) is 0 Å². The highest BCUT2D eigenvalue weighted by Gasteiger charge is 2.15. The molecule has 2 aromatic rings. The minimum absolute atomic E-state index is 0.179. The summed E-state index contributed by atoms with van der Waals surface area (Å²) in [6.45, 7) is 4.66. The molecule has 0 amide bonds. The largest absolute Gasteiger partial charge is 0.328 e. The topological polar surface area (TPSA) is 43.8 Å². The molecule has 0 spiro atoms. The lowest BCUT2D eigenvalue weighted by Crippen LogP contribution is -2.21. The number of hydrogen-bond donors (Lipinski definition) is 1. The second kappa shape index (κ2) is 4.16. The quantitative estimate of drug-likeness (QED) is 0.862. The summed E-state index contributed by atoms with van der Waals surface area (Å²) >= 11 is 1.73. The molecule has 0 saturated carbocycles. The third-order valence-corrected chi connectivity index (χ3v) is 3.41. The first-order chi connectivity index (χ1) is 7.22. The molecule has 0 fully saturated rings. The minimum Gasteiger partial charge on any atom is -0.328 e. The Hall–Kier alpha value is -1.13. The number of thiophene rings is 1. The van der Waals surface area contributed by atoms with Crippen molar-refractivity contribution >= 4 is 11.3 Å². The van der Waals surface area contributed by atoms with Crippen LogP contribution >= 0.6 is 11.3 Å². The van der Waals surface area contributed by atoms with E-state index in [-0.39, 0.29) is 6.04 Å². The van der Waals surface area contributed by atoms with E-state index in [4.69, 9.17) is 5.73 Å². The van der Waals surface area contributed by atoms with Gasteiger partial charge in [-0.2, -0.15) is 5.10 Å². The van der Waals surface area contributed by atoms with Gasteiger partial charge in [0.2, 0.25) is 0 Å². The van der Waals surface area contributed by atoms with Crippen molar-refractivity contribution in [1.82, 2.24) is 9.78 Å². The van der Waals surface area contributed by atoms with E-state index in [0.29, 0.717) is 6.54 Å². The third kappa shape index (κ3) is 1.96. The van der Waals surface area contributed by atoms with Crippen LogP contribution in [0.5, 0.6) is 0 Å². The standard InChI is InChI=1S/C11H15N3S/c1-8-6-9(2)14(13-8)10(7-12)11-4-3-5-15-11/h3-6,10H,7,12H2,1-2H3. The minimum atomic E-state index is 0.179. The molecule has 0 aliphatic heterocycles. The Morgan fingerprint density at radius 2 is 2.33 bits per heavy atom. The Labute approximate surface area is 93.5 Å².